The highest BCUT2D eigenvalue weighted by atomic mass is 16.1. The molecule has 0 fully saturated rings. The molecule has 1 heterocycles. The quantitative estimate of drug-likeness (QED) is 0.848. The van der Waals surface area contributed by atoms with Crippen molar-refractivity contribution in [2.45, 2.75) is 13.0 Å². The number of aromatic nitrogens is 2. The molecule has 0 aliphatic heterocycles. The number of rotatable bonds is 2. The summed E-state index contributed by atoms with van der Waals surface area (Å²) in [6.07, 6.45) is 0. The molecule has 0 radical (unpaired) electrons. The molecule has 2 N–H and O–H groups in total. The Bertz CT molecular complexity index is 573. The Labute approximate surface area is 99.7 Å². The summed E-state index contributed by atoms with van der Waals surface area (Å²) in [7, 11) is 1.64. The third-order valence-corrected chi connectivity index (χ3v) is 2.66. The Morgan fingerprint density at radius 1 is 1.29 bits per heavy atom. The molecule has 17 heavy (non-hydrogen) atoms. The first-order valence-electron chi connectivity index (χ1n) is 5.49. The van der Waals surface area contributed by atoms with Crippen molar-refractivity contribution in [1.82, 2.24) is 9.78 Å². The zero-order valence-corrected chi connectivity index (χ0v) is 9.92. The third kappa shape index (κ3) is 2.26. The van der Waals surface area contributed by atoms with Gasteiger partial charge in [-0.05, 0) is 6.92 Å². The lowest BCUT2D eigenvalue weighted by molar-refractivity contribution is 0.690. The molecule has 0 saturated carbocycles. The van der Waals surface area contributed by atoms with Gasteiger partial charge >= 0.3 is 0 Å². The van der Waals surface area contributed by atoms with Crippen LogP contribution in [0.3, 0.4) is 0 Å². The molecule has 2 rings (SSSR count). The van der Waals surface area contributed by atoms with Crippen molar-refractivity contribution < 1.29 is 0 Å². The molecule has 0 saturated heterocycles. The largest absolute Gasteiger partial charge is 0.324 e. The van der Waals surface area contributed by atoms with E-state index in [1.54, 1.807) is 13.1 Å². The SMILES string of the molecule is CC(N)c1cc(=O)n(C)nc1-c1ccccc1. The van der Waals surface area contributed by atoms with Gasteiger partial charge in [-0.2, -0.15) is 5.10 Å². The molecule has 4 nitrogen and oxygen atoms in total. The number of nitrogens with two attached hydrogens (primary N) is 1. The van der Waals surface area contributed by atoms with Gasteiger partial charge in [0.1, 0.15) is 0 Å². The second-order valence-electron chi connectivity index (χ2n) is 4.06. The zero-order valence-electron chi connectivity index (χ0n) is 9.92. The third-order valence-electron chi connectivity index (χ3n) is 2.66. The summed E-state index contributed by atoms with van der Waals surface area (Å²) in [5, 5.41) is 4.29. The van der Waals surface area contributed by atoms with E-state index in [9.17, 15) is 4.79 Å². The molecular formula is C13H15N3O. The van der Waals surface area contributed by atoms with Crippen LogP contribution < -0.4 is 11.3 Å². The van der Waals surface area contributed by atoms with E-state index in [-0.39, 0.29) is 11.6 Å². The van der Waals surface area contributed by atoms with Gasteiger partial charge in [0.2, 0.25) is 0 Å². The van der Waals surface area contributed by atoms with Crippen LogP contribution in [-0.2, 0) is 7.05 Å². The predicted octanol–water partition coefficient (Wildman–Crippen LogP) is 1.47. The summed E-state index contributed by atoms with van der Waals surface area (Å²) in [4.78, 5) is 11.6. The van der Waals surface area contributed by atoms with Gasteiger partial charge in [-0.15, -0.1) is 0 Å². The first-order chi connectivity index (χ1) is 8.09. The van der Waals surface area contributed by atoms with Crippen molar-refractivity contribution in [1.29, 1.82) is 0 Å². The van der Waals surface area contributed by atoms with Gasteiger partial charge in [-0.25, -0.2) is 4.68 Å². The Hall–Kier alpha value is -1.94. The van der Waals surface area contributed by atoms with Crippen molar-refractivity contribution >= 4 is 0 Å². The second kappa shape index (κ2) is 4.51. The lowest BCUT2D eigenvalue weighted by Crippen LogP contribution is -2.23. The fourth-order valence-electron chi connectivity index (χ4n) is 1.72. The predicted molar refractivity (Wildman–Crippen MR) is 67.5 cm³/mol. The van der Waals surface area contributed by atoms with Gasteiger partial charge in [0.25, 0.3) is 5.56 Å². The van der Waals surface area contributed by atoms with E-state index in [2.05, 4.69) is 5.10 Å². The van der Waals surface area contributed by atoms with Gasteiger partial charge in [0.15, 0.2) is 0 Å². The van der Waals surface area contributed by atoms with Crippen molar-refractivity contribution in [3.63, 3.8) is 0 Å². The summed E-state index contributed by atoms with van der Waals surface area (Å²) < 4.78 is 1.33. The molecular weight excluding hydrogens is 214 g/mol. The van der Waals surface area contributed by atoms with Crippen LogP contribution in [-0.4, -0.2) is 9.78 Å². The summed E-state index contributed by atoms with van der Waals surface area (Å²) in [5.41, 5.74) is 8.25. The molecule has 1 unspecified atom stereocenters. The molecule has 88 valence electrons. The highest BCUT2D eigenvalue weighted by molar-refractivity contribution is 5.62. The maximum absolute atomic E-state index is 11.6. The minimum atomic E-state index is -0.216. The molecule has 2 aromatic rings. The Morgan fingerprint density at radius 3 is 2.53 bits per heavy atom. The average Bonchev–Trinajstić information content (AvgIpc) is 2.33. The monoisotopic (exact) mass is 229 g/mol. The van der Waals surface area contributed by atoms with Crippen LogP contribution in [0, 0.1) is 0 Å². The van der Waals surface area contributed by atoms with Crippen LogP contribution in [0.25, 0.3) is 11.3 Å². The fraction of sp³-hybridized carbons (Fsp3) is 0.231. The Balaban J connectivity index is 2.68. The number of nitrogens with zero attached hydrogens (tertiary/aromatic N) is 2. The summed E-state index contributed by atoms with van der Waals surface area (Å²) >= 11 is 0. The van der Waals surface area contributed by atoms with Gasteiger partial charge in [0.05, 0.1) is 5.69 Å². The molecule has 1 aromatic carbocycles. The number of aryl methyl sites for hydroxylation is 1. The number of benzene rings is 1. The maximum atomic E-state index is 11.6. The Kier molecular flexibility index (Phi) is 3.06. The summed E-state index contributed by atoms with van der Waals surface area (Å²) in [6.45, 7) is 1.85. The zero-order chi connectivity index (χ0) is 12.4. The lowest BCUT2D eigenvalue weighted by Gasteiger charge is -2.12. The van der Waals surface area contributed by atoms with Crippen molar-refractivity contribution in [3.8, 4) is 11.3 Å². The smallest absolute Gasteiger partial charge is 0.266 e. The highest BCUT2D eigenvalue weighted by Gasteiger charge is 2.12. The molecule has 1 aromatic heterocycles. The van der Waals surface area contributed by atoms with Crippen LogP contribution in [0.15, 0.2) is 41.2 Å². The molecule has 0 aliphatic carbocycles. The molecule has 0 bridgehead atoms. The van der Waals surface area contributed by atoms with E-state index in [0.717, 1.165) is 16.8 Å². The first kappa shape index (κ1) is 11.5. The minimum absolute atomic E-state index is 0.142. The topological polar surface area (TPSA) is 60.9 Å². The van der Waals surface area contributed by atoms with Gasteiger partial charge in [-0.3, -0.25) is 4.79 Å². The highest BCUT2D eigenvalue weighted by Crippen LogP contribution is 2.23. The van der Waals surface area contributed by atoms with E-state index in [1.807, 2.05) is 37.3 Å². The van der Waals surface area contributed by atoms with E-state index in [0.29, 0.717) is 0 Å². The minimum Gasteiger partial charge on any atom is -0.324 e. The fourth-order valence-corrected chi connectivity index (χ4v) is 1.72. The van der Waals surface area contributed by atoms with E-state index in [1.165, 1.54) is 4.68 Å². The van der Waals surface area contributed by atoms with Crippen molar-refractivity contribution in [2.75, 3.05) is 0 Å². The van der Waals surface area contributed by atoms with Crippen molar-refractivity contribution in [3.05, 3.63) is 52.3 Å². The van der Waals surface area contributed by atoms with Crippen LogP contribution in [0.2, 0.25) is 0 Å². The number of hydrogen-bond donors (Lipinski definition) is 1. The van der Waals surface area contributed by atoms with Gasteiger partial charge in [-0.1, -0.05) is 30.3 Å². The van der Waals surface area contributed by atoms with Crippen LogP contribution >= 0.6 is 0 Å². The van der Waals surface area contributed by atoms with Gasteiger partial charge in [0, 0.05) is 30.3 Å². The van der Waals surface area contributed by atoms with Gasteiger partial charge < -0.3 is 5.73 Å². The maximum Gasteiger partial charge on any atom is 0.266 e. The molecule has 1 atom stereocenters. The number of hydrogen-bond acceptors (Lipinski definition) is 3. The molecule has 4 heteroatoms. The van der Waals surface area contributed by atoms with E-state index < -0.39 is 0 Å². The molecule has 0 spiro atoms. The second-order valence-corrected chi connectivity index (χ2v) is 4.06. The average molecular weight is 229 g/mol. The Morgan fingerprint density at radius 2 is 1.94 bits per heavy atom. The lowest BCUT2D eigenvalue weighted by atomic mass is 10.0. The van der Waals surface area contributed by atoms with Crippen LogP contribution in [0.4, 0.5) is 0 Å². The van der Waals surface area contributed by atoms with Crippen molar-refractivity contribution in [2.24, 2.45) is 12.8 Å². The van der Waals surface area contributed by atoms with Crippen LogP contribution in [0.1, 0.15) is 18.5 Å². The summed E-state index contributed by atoms with van der Waals surface area (Å²) in [5.74, 6) is 0. The standard InChI is InChI=1S/C13H15N3O/c1-9(14)11-8-12(17)16(2)15-13(11)10-6-4-3-5-7-10/h3-9H,14H2,1-2H3. The molecule has 0 amide bonds. The van der Waals surface area contributed by atoms with Crippen LogP contribution in [0.5, 0.6) is 0 Å². The first-order valence-corrected chi connectivity index (χ1v) is 5.49. The van der Waals surface area contributed by atoms with E-state index in [4.69, 9.17) is 5.73 Å². The molecule has 0 aliphatic rings. The summed E-state index contributed by atoms with van der Waals surface area (Å²) in [6, 6.07) is 11.1. The normalized spacial score (nSPS) is 12.4. The van der Waals surface area contributed by atoms with E-state index >= 15 is 0 Å².